The summed E-state index contributed by atoms with van der Waals surface area (Å²) in [5.74, 6) is 5.82. The molecule has 4 heterocycles. The smallest absolute Gasteiger partial charge is 0.340 e. The van der Waals surface area contributed by atoms with E-state index in [1.165, 1.54) is 68.9 Å². The fraction of sp³-hybridized carbons (Fsp3) is 0.634. The second kappa shape index (κ2) is 13.0. The molecule has 10 rings (SSSR count). The van der Waals surface area contributed by atoms with E-state index in [-0.39, 0.29) is 29.2 Å². The van der Waals surface area contributed by atoms with E-state index < -0.39 is 5.41 Å². The third-order valence-electron chi connectivity index (χ3n) is 14.0. The van der Waals surface area contributed by atoms with Gasteiger partial charge < -0.3 is 14.8 Å². The Morgan fingerprint density at radius 1 is 0.980 bits per heavy atom. The number of aromatic nitrogens is 1. The van der Waals surface area contributed by atoms with Crippen LogP contribution in [0, 0.1) is 40.4 Å². The van der Waals surface area contributed by atoms with E-state index in [1.807, 2.05) is 27.8 Å². The monoisotopic (exact) mass is 698 g/mol. The van der Waals surface area contributed by atoms with Gasteiger partial charge in [0, 0.05) is 29.0 Å². The van der Waals surface area contributed by atoms with E-state index in [2.05, 4.69) is 41.5 Å². The summed E-state index contributed by atoms with van der Waals surface area (Å²) in [6, 6.07) is 4.26. The average molecular weight is 699 g/mol. The van der Waals surface area contributed by atoms with Gasteiger partial charge in [0.25, 0.3) is 0 Å². The summed E-state index contributed by atoms with van der Waals surface area (Å²) < 4.78 is 12.8. The number of fused-ring (bicyclic) bond motifs is 3. The molecule has 5 unspecified atom stereocenters. The zero-order valence-electron chi connectivity index (χ0n) is 28.9. The largest absolute Gasteiger partial charge is 0.427 e. The number of hydrogen-bond acceptors (Lipinski definition) is 8. The van der Waals surface area contributed by atoms with E-state index in [0.29, 0.717) is 17.8 Å². The van der Waals surface area contributed by atoms with Crippen molar-refractivity contribution >= 4 is 39.3 Å². The fourth-order valence-corrected chi connectivity index (χ4v) is 13.8. The van der Waals surface area contributed by atoms with E-state index in [1.54, 1.807) is 0 Å². The van der Waals surface area contributed by atoms with Crippen LogP contribution >= 0.6 is 21.6 Å². The molecule has 3 saturated carbocycles. The molecule has 8 heteroatoms. The van der Waals surface area contributed by atoms with E-state index in [4.69, 9.17) is 9.47 Å². The molecule has 49 heavy (non-hydrogen) atoms. The molecule has 260 valence electrons. The van der Waals surface area contributed by atoms with Gasteiger partial charge in [-0.25, -0.2) is 14.6 Å². The van der Waals surface area contributed by atoms with Crippen molar-refractivity contribution in [1.29, 1.82) is 0 Å². The number of rotatable bonds is 3. The van der Waals surface area contributed by atoms with Crippen molar-refractivity contribution in [3.8, 4) is 0 Å². The molecule has 0 radical (unpaired) electrons. The van der Waals surface area contributed by atoms with Crippen molar-refractivity contribution in [2.24, 2.45) is 40.4 Å². The van der Waals surface area contributed by atoms with Crippen molar-refractivity contribution in [1.82, 2.24) is 4.98 Å². The summed E-state index contributed by atoms with van der Waals surface area (Å²) in [6.07, 6.45) is 24.4. The number of nitrogens with one attached hydrogen (secondary N) is 1. The lowest BCUT2D eigenvalue weighted by molar-refractivity contribution is -0.135. The number of allylic oxidation sites excluding steroid dienone is 5. The molecule has 0 aromatic carbocycles. The minimum atomic E-state index is -0.596. The van der Waals surface area contributed by atoms with Crippen molar-refractivity contribution in [3.05, 3.63) is 69.9 Å². The van der Waals surface area contributed by atoms with Crippen LogP contribution in [0.2, 0.25) is 0 Å². The number of carbonyl (C=O) groups is 2. The number of nitrogens with zero attached hydrogens (tertiary/aromatic N) is 1. The van der Waals surface area contributed by atoms with Crippen molar-refractivity contribution in [3.63, 3.8) is 0 Å². The topological polar surface area (TPSA) is 77.5 Å². The Bertz CT molecular complexity index is 1660. The average Bonchev–Trinajstić information content (AvgIpc) is 3.81. The quantitative estimate of drug-likeness (QED) is 0.247. The third-order valence-corrected chi connectivity index (χ3v) is 16.3. The third kappa shape index (κ3) is 5.39. The maximum atomic E-state index is 14.3. The molecule has 3 aliphatic heterocycles. The summed E-state index contributed by atoms with van der Waals surface area (Å²) in [5.41, 5.74) is 4.83. The lowest BCUT2D eigenvalue weighted by atomic mass is 9.44. The number of ether oxygens (including phenoxy) is 2. The number of cyclic esters (lactones) is 1. The molecule has 7 bridgehead atoms. The summed E-state index contributed by atoms with van der Waals surface area (Å²) in [5, 5.41) is 3.55. The molecule has 1 aromatic heterocycles. The maximum Gasteiger partial charge on any atom is 0.340 e. The van der Waals surface area contributed by atoms with Crippen LogP contribution < -0.4 is 5.32 Å². The molecule has 0 amide bonds. The first-order valence-corrected chi connectivity index (χ1v) is 21.8. The molecular formula is C41H50N2O4S2. The summed E-state index contributed by atoms with van der Waals surface area (Å²) in [4.78, 5) is 33.2. The lowest BCUT2D eigenvalue weighted by Gasteiger charge is -2.56. The number of hydrogen-bond donors (Lipinski definition) is 1. The lowest BCUT2D eigenvalue weighted by Crippen LogP contribution is -2.52. The van der Waals surface area contributed by atoms with Crippen molar-refractivity contribution < 1.29 is 19.1 Å². The van der Waals surface area contributed by atoms with Crippen molar-refractivity contribution in [2.75, 3.05) is 16.9 Å². The first-order chi connectivity index (χ1) is 24.0. The van der Waals surface area contributed by atoms with Gasteiger partial charge in [-0.3, -0.25) is 0 Å². The van der Waals surface area contributed by atoms with Crippen LogP contribution in [0.5, 0.6) is 0 Å². The van der Waals surface area contributed by atoms with Crippen LogP contribution in [0.4, 0.5) is 5.82 Å². The van der Waals surface area contributed by atoms with Gasteiger partial charge in [-0.1, -0.05) is 79.0 Å². The van der Waals surface area contributed by atoms with Crippen LogP contribution in [0.3, 0.4) is 0 Å². The van der Waals surface area contributed by atoms with E-state index in [0.717, 1.165) is 90.6 Å². The van der Waals surface area contributed by atoms with Crippen LogP contribution in [0.1, 0.15) is 109 Å². The van der Waals surface area contributed by atoms with Gasteiger partial charge in [0.15, 0.2) is 0 Å². The number of anilines is 1. The van der Waals surface area contributed by atoms with E-state index >= 15 is 0 Å². The Balaban J connectivity index is 1.19. The number of pyridine rings is 1. The van der Waals surface area contributed by atoms with Gasteiger partial charge in [0.05, 0.1) is 16.9 Å². The van der Waals surface area contributed by atoms with Gasteiger partial charge >= 0.3 is 11.9 Å². The summed E-state index contributed by atoms with van der Waals surface area (Å²) in [6.45, 7) is 2.28. The van der Waals surface area contributed by atoms with Crippen LogP contribution in [0.15, 0.2) is 64.3 Å². The predicted octanol–water partition coefficient (Wildman–Crippen LogP) is 9.86. The Labute approximate surface area is 299 Å². The first kappa shape index (κ1) is 32.5. The SMILES string of the molecule is CCC1(C=C2OC(=O)C3=C2CCC2C4CCC5(C6=CCC(C7CCCCC7)CSSCNc7cc(ccn7)CC4=C5C(=O)O6)C32)CCCC1. The summed E-state index contributed by atoms with van der Waals surface area (Å²) >= 11 is 0. The molecule has 5 atom stereocenters. The molecule has 4 fully saturated rings. The second-order valence-corrected chi connectivity index (χ2v) is 18.7. The van der Waals surface area contributed by atoms with Gasteiger partial charge in [-0.15, -0.1) is 0 Å². The highest BCUT2D eigenvalue weighted by Gasteiger charge is 2.68. The zero-order chi connectivity index (χ0) is 33.2. The Morgan fingerprint density at radius 2 is 1.84 bits per heavy atom. The Morgan fingerprint density at radius 3 is 2.67 bits per heavy atom. The van der Waals surface area contributed by atoms with Crippen LogP contribution in [-0.4, -0.2) is 28.6 Å². The zero-order valence-corrected chi connectivity index (χ0v) is 30.5. The Hall–Kier alpha value is -2.45. The van der Waals surface area contributed by atoms with Crippen LogP contribution in [0.25, 0.3) is 0 Å². The molecule has 9 aliphatic rings. The van der Waals surface area contributed by atoms with Gasteiger partial charge in [-0.05, 0) is 117 Å². The molecule has 1 aromatic rings. The molecule has 1 saturated heterocycles. The number of esters is 2. The highest BCUT2D eigenvalue weighted by Crippen LogP contribution is 2.71. The number of carbonyl (C=O) groups excluding carboxylic acids is 2. The normalized spacial score (nSPS) is 35.1. The maximum absolute atomic E-state index is 14.3. The molecular weight excluding hydrogens is 649 g/mol. The van der Waals surface area contributed by atoms with Crippen LogP contribution in [-0.2, 0) is 25.5 Å². The van der Waals surface area contributed by atoms with Gasteiger partial charge in [0.1, 0.15) is 17.3 Å². The highest BCUT2D eigenvalue weighted by atomic mass is 33.1. The van der Waals surface area contributed by atoms with Crippen molar-refractivity contribution in [2.45, 2.75) is 110 Å². The highest BCUT2D eigenvalue weighted by molar-refractivity contribution is 8.76. The Kier molecular flexibility index (Phi) is 8.58. The summed E-state index contributed by atoms with van der Waals surface area (Å²) in [7, 11) is 3.83. The second-order valence-electron chi connectivity index (χ2n) is 16.2. The minimum Gasteiger partial charge on any atom is -0.427 e. The predicted molar refractivity (Wildman–Crippen MR) is 196 cm³/mol. The van der Waals surface area contributed by atoms with Gasteiger partial charge in [-0.2, -0.15) is 0 Å². The van der Waals surface area contributed by atoms with Gasteiger partial charge in [0.2, 0.25) is 0 Å². The minimum absolute atomic E-state index is 0.0717. The molecule has 1 spiro atoms. The first-order valence-electron chi connectivity index (χ1n) is 19.3. The molecule has 6 aliphatic carbocycles. The molecule has 6 nitrogen and oxygen atoms in total. The standard InChI is InChI=1S/C41H50N2O4S2/c1-2-40(16-6-7-17-40)22-32-30-12-11-29-28-14-18-41(36(29)35(30)38(44)46-32)33-13-10-27(26-8-4-3-5-9-26)23-48-49-24-43-34-21-25(15-19-42-34)20-31(28)37(41)39(45)47-33/h13,15,19,21-22,26-29,36H,2-12,14,16-18,20,23-24H2,1H3,(H,42,43). The molecule has 1 N–H and O–H groups in total. The van der Waals surface area contributed by atoms with E-state index in [9.17, 15) is 9.59 Å². The fourth-order valence-electron chi connectivity index (χ4n) is 11.6.